The lowest BCUT2D eigenvalue weighted by molar-refractivity contribution is 0.0747. The number of anilines is 1. The summed E-state index contributed by atoms with van der Waals surface area (Å²) in [5, 5.41) is 4.27. The van der Waals surface area contributed by atoms with Gasteiger partial charge in [-0.05, 0) is 30.7 Å². The molecular formula is C22H25N5O. The first-order valence-electron chi connectivity index (χ1n) is 9.84. The lowest BCUT2D eigenvalue weighted by Crippen LogP contribution is -2.48. The van der Waals surface area contributed by atoms with E-state index >= 15 is 0 Å². The van der Waals surface area contributed by atoms with Gasteiger partial charge in [0.1, 0.15) is 6.33 Å². The number of benzene rings is 2. The smallest absolute Gasteiger partial charge is 0.253 e. The van der Waals surface area contributed by atoms with Crippen molar-refractivity contribution in [3.63, 3.8) is 0 Å². The van der Waals surface area contributed by atoms with E-state index in [9.17, 15) is 4.79 Å². The number of aromatic nitrogens is 3. The number of amides is 1. The molecule has 1 aliphatic heterocycles. The third-order valence-corrected chi connectivity index (χ3v) is 5.13. The Balaban J connectivity index is 1.41. The number of rotatable bonds is 5. The third kappa shape index (κ3) is 3.76. The van der Waals surface area contributed by atoms with Crippen molar-refractivity contribution in [1.82, 2.24) is 19.7 Å². The van der Waals surface area contributed by atoms with Gasteiger partial charge in [-0.1, -0.05) is 37.3 Å². The van der Waals surface area contributed by atoms with Gasteiger partial charge in [-0.3, -0.25) is 4.79 Å². The van der Waals surface area contributed by atoms with E-state index in [2.05, 4.69) is 46.2 Å². The van der Waals surface area contributed by atoms with Crippen LogP contribution in [-0.4, -0.2) is 51.8 Å². The Labute approximate surface area is 165 Å². The first kappa shape index (κ1) is 18.2. The van der Waals surface area contributed by atoms with Crippen LogP contribution in [0.5, 0.6) is 0 Å². The molecule has 0 unspecified atom stereocenters. The molecule has 144 valence electrons. The standard InChI is InChI=1S/C22H25N5O/c1-2-12-27-21(23-17-24-27)18-8-10-19(11-9-18)22(28)26-15-13-25(14-16-26)20-6-4-3-5-7-20/h3-11,17H,2,12-16H2,1H3. The maximum Gasteiger partial charge on any atom is 0.253 e. The molecule has 28 heavy (non-hydrogen) atoms. The molecule has 1 saturated heterocycles. The van der Waals surface area contributed by atoms with E-state index in [1.165, 1.54) is 5.69 Å². The zero-order valence-electron chi connectivity index (χ0n) is 16.2. The fourth-order valence-electron chi connectivity index (χ4n) is 3.61. The summed E-state index contributed by atoms with van der Waals surface area (Å²) in [5.41, 5.74) is 2.92. The van der Waals surface area contributed by atoms with Crippen LogP contribution in [0.25, 0.3) is 11.4 Å². The summed E-state index contributed by atoms with van der Waals surface area (Å²) in [7, 11) is 0. The Morgan fingerprint density at radius 2 is 1.68 bits per heavy atom. The molecule has 3 aromatic rings. The van der Waals surface area contributed by atoms with Gasteiger partial charge in [0.15, 0.2) is 5.82 Å². The van der Waals surface area contributed by atoms with Crippen LogP contribution < -0.4 is 4.90 Å². The maximum atomic E-state index is 12.9. The highest BCUT2D eigenvalue weighted by molar-refractivity contribution is 5.94. The van der Waals surface area contributed by atoms with E-state index in [1.54, 1.807) is 6.33 Å². The highest BCUT2D eigenvalue weighted by atomic mass is 16.2. The fourth-order valence-corrected chi connectivity index (χ4v) is 3.61. The molecule has 0 saturated carbocycles. The Kier molecular flexibility index (Phi) is 5.37. The lowest BCUT2D eigenvalue weighted by Gasteiger charge is -2.36. The summed E-state index contributed by atoms with van der Waals surface area (Å²) in [5.74, 6) is 0.937. The second-order valence-electron chi connectivity index (χ2n) is 7.00. The molecule has 6 nitrogen and oxygen atoms in total. The molecule has 0 atom stereocenters. The molecule has 0 spiro atoms. The summed E-state index contributed by atoms with van der Waals surface area (Å²) in [6.45, 7) is 6.13. The Morgan fingerprint density at radius 3 is 2.36 bits per heavy atom. The van der Waals surface area contributed by atoms with Gasteiger partial charge in [0, 0.05) is 49.5 Å². The number of nitrogens with zero attached hydrogens (tertiary/aromatic N) is 5. The van der Waals surface area contributed by atoms with Crippen molar-refractivity contribution in [2.75, 3.05) is 31.1 Å². The fraction of sp³-hybridized carbons (Fsp3) is 0.318. The van der Waals surface area contributed by atoms with Gasteiger partial charge in [-0.15, -0.1) is 0 Å². The van der Waals surface area contributed by atoms with Gasteiger partial charge in [0.05, 0.1) is 0 Å². The van der Waals surface area contributed by atoms with Gasteiger partial charge in [0.25, 0.3) is 5.91 Å². The van der Waals surface area contributed by atoms with Crippen molar-refractivity contribution in [2.45, 2.75) is 19.9 Å². The zero-order valence-corrected chi connectivity index (χ0v) is 16.2. The van der Waals surface area contributed by atoms with Crippen LogP contribution in [0, 0.1) is 0 Å². The molecule has 1 aliphatic rings. The van der Waals surface area contributed by atoms with Crippen molar-refractivity contribution in [3.05, 3.63) is 66.5 Å². The van der Waals surface area contributed by atoms with Crippen molar-refractivity contribution >= 4 is 11.6 Å². The number of para-hydroxylation sites is 1. The molecule has 1 aromatic heterocycles. The van der Waals surface area contributed by atoms with E-state index in [0.717, 1.165) is 56.1 Å². The number of piperazine rings is 1. The largest absolute Gasteiger partial charge is 0.368 e. The van der Waals surface area contributed by atoms with Crippen LogP contribution >= 0.6 is 0 Å². The molecule has 0 radical (unpaired) electrons. The monoisotopic (exact) mass is 375 g/mol. The molecular weight excluding hydrogens is 350 g/mol. The summed E-state index contributed by atoms with van der Waals surface area (Å²) < 4.78 is 1.90. The van der Waals surface area contributed by atoms with Crippen LogP contribution in [0.4, 0.5) is 5.69 Å². The van der Waals surface area contributed by atoms with E-state index in [1.807, 2.05) is 39.9 Å². The molecule has 1 amide bonds. The SMILES string of the molecule is CCCn1ncnc1-c1ccc(C(=O)N2CCN(c3ccccc3)CC2)cc1. The molecule has 2 heterocycles. The number of carbonyl (C=O) groups is 1. The van der Waals surface area contributed by atoms with Gasteiger partial charge < -0.3 is 9.80 Å². The second kappa shape index (κ2) is 8.25. The summed E-state index contributed by atoms with van der Waals surface area (Å²) in [6, 6.07) is 18.1. The lowest BCUT2D eigenvalue weighted by atomic mass is 10.1. The van der Waals surface area contributed by atoms with E-state index in [4.69, 9.17) is 0 Å². The van der Waals surface area contributed by atoms with Gasteiger partial charge in [-0.25, -0.2) is 9.67 Å². The van der Waals surface area contributed by atoms with Crippen molar-refractivity contribution in [1.29, 1.82) is 0 Å². The van der Waals surface area contributed by atoms with Crippen molar-refractivity contribution < 1.29 is 4.79 Å². The molecule has 0 N–H and O–H groups in total. The van der Waals surface area contributed by atoms with Crippen LogP contribution in [0.15, 0.2) is 60.9 Å². The number of hydrogen-bond donors (Lipinski definition) is 0. The predicted molar refractivity (Wildman–Crippen MR) is 110 cm³/mol. The maximum absolute atomic E-state index is 12.9. The van der Waals surface area contributed by atoms with E-state index < -0.39 is 0 Å². The summed E-state index contributed by atoms with van der Waals surface area (Å²) in [4.78, 5) is 21.5. The quantitative estimate of drug-likeness (QED) is 0.686. The minimum atomic E-state index is 0.0919. The minimum absolute atomic E-state index is 0.0919. The highest BCUT2D eigenvalue weighted by Crippen LogP contribution is 2.20. The van der Waals surface area contributed by atoms with Crippen LogP contribution in [0.3, 0.4) is 0 Å². The van der Waals surface area contributed by atoms with Crippen LogP contribution in [0.1, 0.15) is 23.7 Å². The van der Waals surface area contributed by atoms with Crippen LogP contribution in [0.2, 0.25) is 0 Å². The first-order valence-corrected chi connectivity index (χ1v) is 9.84. The zero-order chi connectivity index (χ0) is 19.3. The summed E-state index contributed by atoms with van der Waals surface area (Å²) >= 11 is 0. The van der Waals surface area contributed by atoms with Gasteiger partial charge >= 0.3 is 0 Å². The predicted octanol–water partition coefficient (Wildman–Crippen LogP) is 3.32. The molecule has 2 aromatic carbocycles. The normalized spacial score (nSPS) is 14.3. The van der Waals surface area contributed by atoms with E-state index in [-0.39, 0.29) is 5.91 Å². The van der Waals surface area contributed by atoms with E-state index in [0.29, 0.717) is 0 Å². The molecule has 4 rings (SSSR count). The van der Waals surface area contributed by atoms with Gasteiger partial charge in [0.2, 0.25) is 0 Å². The van der Waals surface area contributed by atoms with Crippen molar-refractivity contribution in [2.24, 2.45) is 0 Å². The Morgan fingerprint density at radius 1 is 0.964 bits per heavy atom. The topological polar surface area (TPSA) is 54.3 Å². The number of aryl methyl sites for hydroxylation is 1. The first-order chi connectivity index (χ1) is 13.8. The average Bonchev–Trinajstić information content (AvgIpc) is 3.23. The molecule has 6 heteroatoms. The highest BCUT2D eigenvalue weighted by Gasteiger charge is 2.22. The minimum Gasteiger partial charge on any atom is -0.368 e. The third-order valence-electron chi connectivity index (χ3n) is 5.13. The number of hydrogen-bond acceptors (Lipinski definition) is 4. The second-order valence-corrected chi connectivity index (χ2v) is 7.00. The van der Waals surface area contributed by atoms with Crippen molar-refractivity contribution in [3.8, 4) is 11.4 Å². The number of carbonyl (C=O) groups excluding carboxylic acids is 1. The molecule has 1 fully saturated rings. The van der Waals surface area contributed by atoms with Gasteiger partial charge in [-0.2, -0.15) is 5.10 Å². The summed E-state index contributed by atoms with van der Waals surface area (Å²) in [6.07, 6.45) is 2.58. The molecule has 0 bridgehead atoms. The Bertz CT molecular complexity index is 912. The Hall–Kier alpha value is -3.15. The average molecular weight is 375 g/mol. The molecule has 0 aliphatic carbocycles. The van der Waals surface area contributed by atoms with Crippen LogP contribution in [-0.2, 0) is 6.54 Å².